The van der Waals surface area contributed by atoms with Gasteiger partial charge in [0, 0.05) is 67.0 Å². The molecular formula is C32H39FN6O3. The zero-order valence-electron chi connectivity index (χ0n) is 24.3. The van der Waals surface area contributed by atoms with Crippen molar-refractivity contribution in [1.82, 2.24) is 20.1 Å². The van der Waals surface area contributed by atoms with Crippen molar-refractivity contribution in [3.05, 3.63) is 53.5 Å². The van der Waals surface area contributed by atoms with Crippen LogP contribution in [0.2, 0.25) is 0 Å². The number of nitrogens with zero attached hydrogens (tertiary/aromatic N) is 2. The molecule has 9 nitrogen and oxygen atoms in total. The molecule has 2 fully saturated rings. The molecule has 0 unspecified atom stereocenters. The number of hydrogen-bond acceptors (Lipinski definition) is 5. The van der Waals surface area contributed by atoms with Gasteiger partial charge in [-0.05, 0) is 73.4 Å². The average Bonchev–Trinajstić information content (AvgIpc) is 3.26. The van der Waals surface area contributed by atoms with Gasteiger partial charge in [-0.15, -0.1) is 0 Å². The number of piperazine rings is 1. The molecule has 2 aromatic carbocycles. The fraction of sp³-hybridized carbons (Fsp3) is 0.469. The van der Waals surface area contributed by atoms with E-state index < -0.39 is 11.7 Å². The molecule has 3 aromatic rings. The van der Waals surface area contributed by atoms with E-state index >= 15 is 0 Å². The first-order valence-electron chi connectivity index (χ1n) is 14.9. The first-order valence-corrected chi connectivity index (χ1v) is 14.9. The van der Waals surface area contributed by atoms with E-state index in [1.807, 2.05) is 17.0 Å². The molecule has 0 atom stereocenters. The SMILES string of the molecule is CC1(C)CC(=O)n2c(c(-c3ccc(C(N)=O)c(NC4CCC(NC(=O)N5CCNCC5)CC4)c3)c3ccc(F)cc32)C1. The first-order chi connectivity index (χ1) is 20.1. The summed E-state index contributed by atoms with van der Waals surface area (Å²) in [6, 6.07) is 10.3. The quantitative estimate of drug-likeness (QED) is 0.358. The van der Waals surface area contributed by atoms with Crippen molar-refractivity contribution < 1.29 is 18.8 Å². The standard InChI is InChI=1S/C32H39FN6O3/c1-32(2)17-27-29(24-10-4-20(33)16-26(24)39(27)28(40)18-32)19-3-9-23(30(34)41)25(15-19)36-21-5-7-22(8-6-21)37-31(42)38-13-11-35-12-14-38/h3-4,9-10,15-16,21-22,35-36H,5-8,11-14,17-18H2,1-2H3,(H2,34,41)(H,37,42). The van der Waals surface area contributed by atoms with Crippen LogP contribution in [0.4, 0.5) is 14.9 Å². The van der Waals surface area contributed by atoms with Gasteiger partial charge in [-0.25, -0.2) is 9.18 Å². The van der Waals surface area contributed by atoms with Crippen LogP contribution in [0.5, 0.6) is 0 Å². The van der Waals surface area contributed by atoms with Crippen molar-refractivity contribution in [2.75, 3.05) is 31.5 Å². The number of rotatable bonds is 5. The number of amides is 3. The number of nitrogens with two attached hydrogens (primary N) is 1. The van der Waals surface area contributed by atoms with Gasteiger partial charge in [-0.1, -0.05) is 19.9 Å². The van der Waals surface area contributed by atoms with E-state index in [-0.39, 0.29) is 29.4 Å². The van der Waals surface area contributed by atoms with Crippen molar-refractivity contribution in [3.63, 3.8) is 0 Å². The number of carbonyl (C=O) groups is 3. The molecule has 6 rings (SSSR count). The van der Waals surface area contributed by atoms with Gasteiger partial charge >= 0.3 is 6.03 Å². The maximum Gasteiger partial charge on any atom is 0.317 e. The monoisotopic (exact) mass is 574 g/mol. The Balaban J connectivity index is 1.27. The second-order valence-corrected chi connectivity index (χ2v) is 12.7. The molecule has 42 heavy (non-hydrogen) atoms. The molecule has 222 valence electrons. The third kappa shape index (κ3) is 5.47. The van der Waals surface area contributed by atoms with Gasteiger partial charge in [-0.3, -0.25) is 14.2 Å². The fourth-order valence-corrected chi connectivity index (χ4v) is 6.86. The number of anilines is 1. The van der Waals surface area contributed by atoms with Gasteiger partial charge < -0.3 is 26.6 Å². The largest absolute Gasteiger partial charge is 0.382 e. The van der Waals surface area contributed by atoms with Gasteiger partial charge in [0.25, 0.3) is 5.91 Å². The Labute approximate surface area is 245 Å². The minimum atomic E-state index is -0.525. The topological polar surface area (TPSA) is 121 Å². The zero-order valence-corrected chi connectivity index (χ0v) is 24.3. The van der Waals surface area contributed by atoms with E-state index in [9.17, 15) is 18.8 Å². The third-order valence-electron chi connectivity index (χ3n) is 8.95. The van der Waals surface area contributed by atoms with Crippen LogP contribution in [-0.4, -0.2) is 65.6 Å². The Morgan fingerprint density at radius 1 is 1.00 bits per heavy atom. The van der Waals surface area contributed by atoms with E-state index in [4.69, 9.17) is 5.73 Å². The highest BCUT2D eigenvalue weighted by molar-refractivity contribution is 6.06. The molecule has 0 bridgehead atoms. The van der Waals surface area contributed by atoms with Crippen LogP contribution in [0.15, 0.2) is 36.4 Å². The van der Waals surface area contributed by atoms with Crippen molar-refractivity contribution in [3.8, 4) is 11.1 Å². The van der Waals surface area contributed by atoms with Gasteiger partial charge in [-0.2, -0.15) is 0 Å². The van der Waals surface area contributed by atoms with Gasteiger partial charge in [0.2, 0.25) is 5.91 Å². The molecule has 10 heteroatoms. The Hall–Kier alpha value is -3.92. The van der Waals surface area contributed by atoms with E-state index in [2.05, 4.69) is 29.8 Å². The molecule has 1 aliphatic carbocycles. The first kappa shape index (κ1) is 28.2. The molecule has 0 spiro atoms. The van der Waals surface area contributed by atoms with E-state index in [1.165, 1.54) is 12.1 Å². The highest BCUT2D eigenvalue weighted by Gasteiger charge is 2.35. The number of urea groups is 1. The lowest BCUT2D eigenvalue weighted by atomic mass is 9.80. The number of fused-ring (bicyclic) bond motifs is 3. The summed E-state index contributed by atoms with van der Waals surface area (Å²) in [5.74, 6) is -0.961. The summed E-state index contributed by atoms with van der Waals surface area (Å²) in [4.78, 5) is 40.2. The lowest BCUT2D eigenvalue weighted by Crippen LogP contribution is -2.53. The van der Waals surface area contributed by atoms with E-state index in [0.29, 0.717) is 29.6 Å². The second kappa shape index (κ2) is 11.1. The molecule has 3 heterocycles. The molecule has 1 saturated heterocycles. The fourth-order valence-electron chi connectivity index (χ4n) is 6.86. The summed E-state index contributed by atoms with van der Waals surface area (Å²) < 4.78 is 16.0. The van der Waals surface area contributed by atoms with Crippen LogP contribution in [0.25, 0.3) is 22.0 Å². The number of halogens is 1. The summed E-state index contributed by atoms with van der Waals surface area (Å²) in [7, 11) is 0. The Bertz CT molecular complexity index is 1550. The van der Waals surface area contributed by atoms with Crippen molar-refractivity contribution >= 4 is 34.4 Å². The van der Waals surface area contributed by atoms with Crippen LogP contribution in [0, 0.1) is 11.2 Å². The molecule has 0 radical (unpaired) electrons. The smallest absolute Gasteiger partial charge is 0.317 e. The number of benzene rings is 2. The van der Waals surface area contributed by atoms with Crippen molar-refractivity contribution in [1.29, 1.82) is 0 Å². The molecular weight excluding hydrogens is 535 g/mol. The number of primary amides is 1. The number of carbonyl (C=O) groups excluding carboxylic acids is 3. The number of aromatic nitrogens is 1. The van der Waals surface area contributed by atoms with E-state index in [0.717, 1.165) is 74.1 Å². The van der Waals surface area contributed by atoms with Crippen LogP contribution in [0.3, 0.4) is 0 Å². The predicted molar refractivity (Wildman–Crippen MR) is 161 cm³/mol. The van der Waals surface area contributed by atoms with Crippen molar-refractivity contribution in [2.45, 2.75) is 64.5 Å². The van der Waals surface area contributed by atoms with Gasteiger partial charge in [0.1, 0.15) is 5.82 Å². The highest BCUT2D eigenvalue weighted by atomic mass is 19.1. The van der Waals surface area contributed by atoms with E-state index in [1.54, 1.807) is 16.7 Å². The summed E-state index contributed by atoms with van der Waals surface area (Å²) in [6.07, 6.45) is 4.38. The Kier molecular flexibility index (Phi) is 7.43. The minimum absolute atomic E-state index is 0.00120. The Morgan fingerprint density at radius 2 is 1.71 bits per heavy atom. The molecule has 1 aromatic heterocycles. The molecule has 5 N–H and O–H groups in total. The number of nitrogens with one attached hydrogen (secondary N) is 3. The maximum absolute atomic E-state index is 14.3. The average molecular weight is 575 g/mol. The van der Waals surface area contributed by atoms with Gasteiger partial charge in [0.05, 0.1) is 11.1 Å². The summed E-state index contributed by atoms with van der Waals surface area (Å²) in [5.41, 5.74) is 9.73. The second-order valence-electron chi connectivity index (χ2n) is 12.7. The lowest BCUT2D eigenvalue weighted by Gasteiger charge is -2.33. The highest BCUT2D eigenvalue weighted by Crippen LogP contribution is 2.43. The van der Waals surface area contributed by atoms with Crippen LogP contribution < -0.4 is 21.7 Å². The maximum atomic E-state index is 14.3. The summed E-state index contributed by atoms with van der Waals surface area (Å²) >= 11 is 0. The minimum Gasteiger partial charge on any atom is -0.382 e. The molecule has 3 amide bonds. The predicted octanol–water partition coefficient (Wildman–Crippen LogP) is 4.50. The summed E-state index contributed by atoms with van der Waals surface area (Å²) in [5, 5.41) is 10.8. The lowest BCUT2D eigenvalue weighted by molar-refractivity contribution is 0.0816. The van der Waals surface area contributed by atoms with Crippen molar-refractivity contribution in [2.24, 2.45) is 11.1 Å². The molecule has 3 aliphatic rings. The van der Waals surface area contributed by atoms with Crippen LogP contribution in [-0.2, 0) is 6.42 Å². The summed E-state index contributed by atoms with van der Waals surface area (Å²) in [6.45, 7) is 7.22. The zero-order chi connectivity index (χ0) is 29.6. The normalized spacial score (nSPS) is 22.1. The molecule has 1 saturated carbocycles. The van der Waals surface area contributed by atoms with Crippen LogP contribution in [0.1, 0.15) is 66.8 Å². The molecule has 2 aliphatic heterocycles. The Morgan fingerprint density at radius 3 is 2.43 bits per heavy atom. The van der Waals surface area contributed by atoms with Gasteiger partial charge in [0.15, 0.2) is 0 Å². The third-order valence-corrected chi connectivity index (χ3v) is 8.95. The van der Waals surface area contributed by atoms with Crippen LogP contribution >= 0.6 is 0 Å². The number of hydrogen-bond donors (Lipinski definition) is 4.